The van der Waals surface area contributed by atoms with Crippen molar-refractivity contribution in [2.24, 2.45) is 5.73 Å². The van der Waals surface area contributed by atoms with Crippen LogP contribution >= 0.6 is 0 Å². The number of nitrogens with zero attached hydrogens (tertiary/aromatic N) is 1. The first kappa shape index (κ1) is 24.9. The Hall–Kier alpha value is -3.72. The minimum absolute atomic E-state index is 0.106. The molecule has 5 N–H and O–H groups in total. The fourth-order valence-electron chi connectivity index (χ4n) is 4.10. The van der Waals surface area contributed by atoms with Crippen LogP contribution in [0.2, 0.25) is 0 Å². The van der Waals surface area contributed by atoms with Gasteiger partial charge in [-0.05, 0) is 24.0 Å². The lowest BCUT2D eigenvalue weighted by Gasteiger charge is -2.27. The van der Waals surface area contributed by atoms with Gasteiger partial charge >= 0.3 is 5.97 Å². The predicted molar refractivity (Wildman–Crippen MR) is 126 cm³/mol. The van der Waals surface area contributed by atoms with Crippen LogP contribution in [-0.2, 0) is 32.0 Å². The molecule has 1 fully saturated rings. The summed E-state index contributed by atoms with van der Waals surface area (Å²) in [7, 11) is 0. The lowest BCUT2D eigenvalue weighted by molar-refractivity contribution is -0.142. The Morgan fingerprint density at radius 3 is 2.00 bits per heavy atom. The van der Waals surface area contributed by atoms with E-state index in [2.05, 4.69) is 10.6 Å². The maximum Gasteiger partial charge on any atom is 0.326 e. The molecule has 34 heavy (non-hydrogen) atoms. The van der Waals surface area contributed by atoms with Gasteiger partial charge in [0.05, 0.1) is 6.54 Å². The number of rotatable bonds is 10. The standard InChI is InChI=1S/C25H30N4O5/c26-16-22(30)29-13-7-12-21(29)24(32)27-19(14-17-8-3-1-4-9-17)23(31)28-20(25(33)34)15-18-10-5-2-6-11-18/h1-6,8-11,19-21H,7,12-16,26H2,(H,27,32)(H,28,31)(H,33,34)/t19-,20-,21-/m0/s1. The van der Waals surface area contributed by atoms with E-state index in [1.54, 1.807) is 24.3 Å². The van der Waals surface area contributed by atoms with E-state index < -0.39 is 35.9 Å². The number of nitrogens with one attached hydrogen (secondary N) is 2. The number of likely N-dealkylation sites (tertiary alicyclic amines) is 1. The average Bonchev–Trinajstić information content (AvgIpc) is 3.34. The van der Waals surface area contributed by atoms with Crippen LogP contribution in [0.5, 0.6) is 0 Å². The van der Waals surface area contributed by atoms with E-state index in [9.17, 15) is 24.3 Å². The van der Waals surface area contributed by atoms with Crippen molar-refractivity contribution in [2.45, 2.75) is 43.8 Å². The van der Waals surface area contributed by atoms with Gasteiger partial charge in [0.25, 0.3) is 0 Å². The third-order valence-electron chi connectivity index (χ3n) is 5.86. The van der Waals surface area contributed by atoms with E-state index in [1.807, 2.05) is 36.4 Å². The number of nitrogens with two attached hydrogens (primary N) is 1. The first-order valence-electron chi connectivity index (χ1n) is 11.3. The fourth-order valence-corrected chi connectivity index (χ4v) is 4.10. The molecule has 9 heteroatoms. The number of hydrogen-bond donors (Lipinski definition) is 4. The van der Waals surface area contributed by atoms with Crippen LogP contribution in [-0.4, -0.2) is 64.9 Å². The topological polar surface area (TPSA) is 142 Å². The molecular weight excluding hydrogens is 436 g/mol. The summed E-state index contributed by atoms with van der Waals surface area (Å²) in [5, 5.41) is 15.0. The smallest absolute Gasteiger partial charge is 0.326 e. The van der Waals surface area contributed by atoms with Crippen LogP contribution in [0.4, 0.5) is 0 Å². The summed E-state index contributed by atoms with van der Waals surface area (Å²) >= 11 is 0. The van der Waals surface area contributed by atoms with Gasteiger partial charge in [-0.2, -0.15) is 0 Å². The lowest BCUT2D eigenvalue weighted by atomic mass is 10.0. The monoisotopic (exact) mass is 466 g/mol. The highest BCUT2D eigenvalue weighted by Gasteiger charge is 2.36. The number of benzene rings is 2. The van der Waals surface area contributed by atoms with E-state index in [1.165, 1.54) is 4.90 Å². The molecule has 0 aromatic heterocycles. The Bertz CT molecular complexity index is 999. The van der Waals surface area contributed by atoms with Crippen molar-refractivity contribution in [3.63, 3.8) is 0 Å². The average molecular weight is 467 g/mol. The van der Waals surface area contributed by atoms with Gasteiger partial charge in [0.2, 0.25) is 17.7 Å². The van der Waals surface area contributed by atoms with Gasteiger partial charge in [0.15, 0.2) is 0 Å². The van der Waals surface area contributed by atoms with Crippen LogP contribution in [0.15, 0.2) is 60.7 Å². The maximum atomic E-state index is 13.2. The number of aliphatic carboxylic acids is 1. The molecular formula is C25H30N4O5. The Morgan fingerprint density at radius 2 is 1.47 bits per heavy atom. The highest BCUT2D eigenvalue weighted by molar-refractivity contribution is 5.94. The number of carboxylic acids is 1. The second kappa shape index (κ2) is 11.9. The van der Waals surface area contributed by atoms with Crippen molar-refractivity contribution in [1.82, 2.24) is 15.5 Å². The first-order valence-corrected chi connectivity index (χ1v) is 11.3. The molecule has 2 aromatic carbocycles. The van der Waals surface area contributed by atoms with Crippen LogP contribution in [0, 0.1) is 0 Å². The Kier molecular flexibility index (Phi) is 8.75. The Labute approximate surface area is 198 Å². The summed E-state index contributed by atoms with van der Waals surface area (Å²) in [6.07, 6.45) is 1.42. The fraction of sp³-hybridized carbons (Fsp3) is 0.360. The summed E-state index contributed by atoms with van der Waals surface area (Å²) in [4.78, 5) is 51.6. The zero-order valence-electron chi connectivity index (χ0n) is 18.9. The molecule has 2 aromatic rings. The Morgan fingerprint density at radius 1 is 0.912 bits per heavy atom. The number of carboxylic acid groups (broad SMARTS) is 1. The molecule has 1 saturated heterocycles. The van der Waals surface area contributed by atoms with E-state index in [0.717, 1.165) is 11.1 Å². The second-order valence-electron chi connectivity index (χ2n) is 8.29. The molecule has 0 bridgehead atoms. The van der Waals surface area contributed by atoms with E-state index >= 15 is 0 Å². The molecule has 1 aliphatic rings. The number of carbonyl (C=O) groups is 4. The molecule has 0 unspecified atom stereocenters. The number of amides is 3. The number of carbonyl (C=O) groups excluding carboxylic acids is 3. The van der Waals surface area contributed by atoms with E-state index in [0.29, 0.717) is 19.4 Å². The molecule has 1 heterocycles. The molecule has 0 radical (unpaired) electrons. The van der Waals surface area contributed by atoms with Crippen LogP contribution < -0.4 is 16.4 Å². The second-order valence-corrected chi connectivity index (χ2v) is 8.29. The zero-order valence-corrected chi connectivity index (χ0v) is 18.9. The van der Waals surface area contributed by atoms with Gasteiger partial charge in [-0.3, -0.25) is 14.4 Å². The molecule has 0 spiro atoms. The van der Waals surface area contributed by atoms with E-state index in [-0.39, 0.29) is 25.3 Å². The molecule has 3 rings (SSSR count). The van der Waals surface area contributed by atoms with Crippen molar-refractivity contribution in [3.8, 4) is 0 Å². The molecule has 180 valence electrons. The van der Waals surface area contributed by atoms with E-state index in [4.69, 9.17) is 5.73 Å². The van der Waals surface area contributed by atoms with Gasteiger partial charge < -0.3 is 26.4 Å². The van der Waals surface area contributed by atoms with Gasteiger partial charge in [0.1, 0.15) is 18.1 Å². The summed E-state index contributed by atoms with van der Waals surface area (Å²) in [6.45, 7) is 0.235. The summed E-state index contributed by atoms with van der Waals surface area (Å²) < 4.78 is 0. The molecule has 3 atom stereocenters. The minimum atomic E-state index is -1.17. The normalized spacial score (nSPS) is 17.0. The summed E-state index contributed by atoms with van der Waals surface area (Å²) in [6, 6.07) is 15.2. The minimum Gasteiger partial charge on any atom is -0.480 e. The highest BCUT2D eigenvalue weighted by Crippen LogP contribution is 2.18. The van der Waals surface area contributed by atoms with Crippen LogP contribution in [0.25, 0.3) is 0 Å². The maximum absolute atomic E-state index is 13.2. The Balaban J connectivity index is 1.76. The largest absolute Gasteiger partial charge is 0.480 e. The van der Waals surface area contributed by atoms with Gasteiger partial charge in [-0.1, -0.05) is 60.7 Å². The van der Waals surface area contributed by atoms with Crippen molar-refractivity contribution in [2.75, 3.05) is 13.1 Å². The third-order valence-corrected chi connectivity index (χ3v) is 5.86. The summed E-state index contributed by atoms with van der Waals surface area (Å²) in [5.41, 5.74) is 7.04. The zero-order chi connectivity index (χ0) is 24.5. The quantitative estimate of drug-likeness (QED) is 0.401. The summed E-state index contributed by atoms with van der Waals surface area (Å²) in [5.74, 6) is -2.55. The van der Waals surface area contributed by atoms with Gasteiger partial charge in [0, 0.05) is 19.4 Å². The van der Waals surface area contributed by atoms with Crippen LogP contribution in [0.3, 0.4) is 0 Å². The van der Waals surface area contributed by atoms with Crippen molar-refractivity contribution in [1.29, 1.82) is 0 Å². The predicted octanol–water partition coefficient (Wildman–Crippen LogP) is 0.476. The van der Waals surface area contributed by atoms with Crippen molar-refractivity contribution < 1.29 is 24.3 Å². The van der Waals surface area contributed by atoms with Crippen molar-refractivity contribution in [3.05, 3.63) is 71.8 Å². The third kappa shape index (κ3) is 6.64. The van der Waals surface area contributed by atoms with Crippen molar-refractivity contribution >= 4 is 23.7 Å². The van der Waals surface area contributed by atoms with Gasteiger partial charge in [-0.25, -0.2) is 4.79 Å². The molecule has 0 saturated carbocycles. The van der Waals surface area contributed by atoms with Gasteiger partial charge in [-0.15, -0.1) is 0 Å². The molecule has 3 amide bonds. The van der Waals surface area contributed by atoms with Crippen LogP contribution in [0.1, 0.15) is 24.0 Å². The lowest BCUT2D eigenvalue weighted by Crippen LogP contribution is -2.56. The SMILES string of the molecule is NCC(=O)N1CCC[C@H]1C(=O)N[C@@H](Cc1ccccc1)C(=O)N[C@@H](Cc1ccccc1)C(=O)O. The first-order chi connectivity index (χ1) is 16.4. The highest BCUT2D eigenvalue weighted by atomic mass is 16.4. The molecule has 0 aliphatic carbocycles. The molecule has 1 aliphatic heterocycles. The molecule has 9 nitrogen and oxygen atoms in total. The number of hydrogen-bond acceptors (Lipinski definition) is 5.